The van der Waals surface area contributed by atoms with Crippen molar-refractivity contribution in [3.8, 4) is 11.5 Å². The molecule has 1 aromatic carbocycles. The zero-order chi connectivity index (χ0) is 14.5. The van der Waals surface area contributed by atoms with Gasteiger partial charge in [0.15, 0.2) is 0 Å². The van der Waals surface area contributed by atoms with Gasteiger partial charge in [-0.25, -0.2) is 0 Å². The molecule has 20 heavy (non-hydrogen) atoms. The van der Waals surface area contributed by atoms with Crippen LogP contribution in [0.2, 0.25) is 0 Å². The molecule has 0 saturated carbocycles. The third kappa shape index (κ3) is 3.62. The van der Waals surface area contributed by atoms with Crippen LogP contribution in [-0.4, -0.2) is 30.8 Å². The van der Waals surface area contributed by atoms with E-state index in [1.165, 1.54) is 24.3 Å². The lowest BCUT2D eigenvalue weighted by Crippen LogP contribution is -2.14. The lowest BCUT2D eigenvalue weighted by Gasteiger charge is -2.25. The quantitative estimate of drug-likeness (QED) is 0.859. The summed E-state index contributed by atoms with van der Waals surface area (Å²) in [7, 11) is 3.24. The molecule has 112 valence electrons. The number of benzene rings is 1. The van der Waals surface area contributed by atoms with Crippen LogP contribution in [0.4, 0.5) is 0 Å². The van der Waals surface area contributed by atoms with Crippen LogP contribution >= 0.6 is 27.7 Å². The highest BCUT2D eigenvalue weighted by atomic mass is 79.9. The summed E-state index contributed by atoms with van der Waals surface area (Å²) >= 11 is 5.49. The van der Waals surface area contributed by atoms with Crippen molar-refractivity contribution in [3.05, 3.63) is 22.2 Å². The number of aliphatic hydroxyl groups excluding tert-OH is 1. The number of hydrogen-bond donors (Lipinski definition) is 1. The fourth-order valence-electron chi connectivity index (χ4n) is 2.61. The average Bonchev–Trinajstić information content (AvgIpc) is 2.47. The van der Waals surface area contributed by atoms with Crippen molar-refractivity contribution in [2.24, 2.45) is 5.92 Å². The van der Waals surface area contributed by atoms with Gasteiger partial charge in [-0.3, -0.25) is 0 Å². The molecule has 1 N–H and O–H groups in total. The molecule has 1 aliphatic rings. The van der Waals surface area contributed by atoms with Gasteiger partial charge in [-0.15, -0.1) is 0 Å². The first-order chi connectivity index (χ1) is 9.67. The van der Waals surface area contributed by atoms with Crippen LogP contribution in [0.15, 0.2) is 16.6 Å². The topological polar surface area (TPSA) is 38.7 Å². The molecule has 2 rings (SSSR count). The molecule has 1 unspecified atom stereocenters. The van der Waals surface area contributed by atoms with E-state index >= 15 is 0 Å². The van der Waals surface area contributed by atoms with Crippen molar-refractivity contribution in [3.63, 3.8) is 0 Å². The van der Waals surface area contributed by atoms with Crippen molar-refractivity contribution in [1.82, 2.24) is 0 Å². The maximum Gasteiger partial charge on any atom is 0.142 e. The number of halogens is 1. The van der Waals surface area contributed by atoms with E-state index in [2.05, 4.69) is 15.9 Å². The van der Waals surface area contributed by atoms with Crippen LogP contribution in [0.25, 0.3) is 0 Å². The van der Waals surface area contributed by atoms with Gasteiger partial charge in [0.25, 0.3) is 0 Å². The third-order valence-electron chi connectivity index (χ3n) is 3.77. The molecule has 1 fully saturated rings. The summed E-state index contributed by atoms with van der Waals surface area (Å²) in [6, 6.07) is 3.76. The summed E-state index contributed by atoms with van der Waals surface area (Å²) in [6.07, 6.45) is 2.71. The first-order valence-electron chi connectivity index (χ1n) is 6.83. The molecule has 0 amide bonds. The number of thioether (sulfide) groups is 1. The Labute approximate surface area is 133 Å². The Morgan fingerprint density at radius 1 is 1.30 bits per heavy atom. The molecule has 0 aromatic heterocycles. The SMILES string of the molecule is COc1ccc(C(O)CC2CCSCC2)c(OC)c1Br. The van der Waals surface area contributed by atoms with Gasteiger partial charge in [0.1, 0.15) is 16.0 Å². The minimum atomic E-state index is -0.486. The predicted molar refractivity (Wildman–Crippen MR) is 86.9 cm³/mol. The lowest BCUT2D eigenvalue weighted by atomic mass is 9.92. The minimum absolute atomic E-state index is 0.486. The molecule has 1 saturated heterocycles. The maximum absolute atomic E-state index is 10.5. The van der Waals surface area contributed by atoms with Gasteiger partial charge < -0.3 is 14.6 Å². The van der Waals surface area contributed by atoms with Crippen LogP contribution < -0.4 is 9.47 Å². The van der Waals surface area contributed by atoms with E-state index in [-0.39, 0.29) is 0 Å². The van der Waals surface area contributed by atoms with Crippen LogP contribution in [-0.2, 0) is 0 Å². The second kappa shape index (κ2) is 7.57. The molecule has 1 atom stereocenters. The van der Waals surface area contributed by atoms with Crippen LogP contribution in [0.5, 0.6) is 11.5 Å². The molecule has 1 aromatic rings. The fraction of sp³-hybridized carbons (Fsp3) is 0.600. The second-order valence-corrected chi connectivity index (χ2v) is 7.03. The molecular weight excluding hydrogens is 340 g/mol. The minimum Gasteiger partial charge on any atom is -0.495 e. The molecule has 1 heterocycles. The predicted octanol–water partition coefficient (Wildman–Crippen LogP) is 4.03. The van der Waals surface area contributed by atoms with Crippen molar-refractivity contribution in [2.75, 3.05) is 25.7 Å². The van der Waals surface area contributed by atoms with E-state index in [0.29, 0.717) is 17.4 Å². The van der Waals surface area contributed by atoms with E-state index in [9.17, 15) is 5.11 Å². The van der Waals surface area contributed by atoms with Gasteiger partial charge in [0.05, 0.1) is 20.3 Å². The zero-order valence-corrected chi connectivity index (χ0v) is 14.3. The first kappa shape index (κ1) is 16.0. The normalized spacial score (nSPS) is 17.8. The highest BCUT2D eigenvalue weighted by molar-refractivity contribution is 9.10. The van der Waals surface area contributed by atoms with E-state index < -0.39 is 6.10 Å². The lowest BCUT2D eigenvalue weighted by molar-refractivity contribution is 0.137. The van der Waals surface area contributed by atoms with Crippen LogP contribution in [0.3, 0.4) is 0 Å². The largest absolute Gasteiger partial charge is 0.495 e. The fourth-order valence-corrected chi connectivity index (χ4v) is 4.49. The van der Waals surface area contributed by atoms with Gasteiger partial charge in [-0.2, -0.15) is 11.8 Å². The van der Waals surface area contributed by atoms with Gasteiger partial charge >= 0.3 is 0 Å². The smallest absolute Gasteiger partial charge is 0.142 e. The molecule has 3 nitrogen and oxygen atoms in total. The van der Waals surface area contributed by atoms with E-state index in [1.807, 2.05) is 23.9 Å². The van der Waals surface area contributed by atoms with E-state index in [4.69, 9.17) is 9.47 Å². The summed E-state index contributed by atoms with van der Waals surface area (Å²) in [5.74, 6) is 4.41. The summed E-state index contributed by atoms with van der Waals surface area (Å²) < 4.78 is 11.5. The highest BCUT2D eigenvalue weighted by Crippen LogP contribution is 2.41. The first-order valence-corrected chi connectivity index (χ1v) is 8.78. The second-order valence-electron chi connectivity index (χ2n) is 5.01. The Morgan fingerprint density at radius 2 is 2.00 bits per heavy atom. The molecule has 1 aliphatic heterocycles. The van der Waals surface area contributed by atoms with Crippen molar-refractivity contribution in [1.29, 1.82) is 0 Å². The summed E-state index contributed by atoms with van der Waals surface area (Å²) in [5.41, 5.74) is 0.832. The van der Waals surface area contributed by atoms with Crippen molar-refractivity contribution in [2.45, 2.75) is 25.4 Å². The summed E-state index contributed by atoms with van der Waals surface area (Å²) in [5, 5.41) is 10.5. The zero-order valence-electron chi connectivity index (χ0n) is 11.9. The number of ether oxygens (including phenoxy) is 2. The molecule has 0 spiro atoms. The number of methoxy groups -OCH3 is 2. The third-order valence-corrected chi connectivity index (χ3v) is 5.57. The number of hydrogen-bond acceptors (Lipinski definition) is 4. The van der Waals surface area contributed by atoms with Gasteiger partial charge in [0.2, 0.25) is 0 Å². The number of rotatable bonds is 5. The van der Waals surface area contributed by atoms with E-state index in [0.717, 1.165) is 16.5 Å². The molecule has 0 radical (unpaired) electrons. The van der Waals surface area contributed by atoms with Crippen LogP contribution in [0.1, 0.15) is 30.9 Å². The summed E-state index contributed by atoms with van der Waals surface area (Å²) in [4.78, 5) is 0. The van der Waals surface area contributed by atoms with Crippen molar-refractivity contribution >= 4 is 27.7 Å². The molecule has 5 heteroatoms. The summed E-state index contributed by atoms with van der Waals surface area (Å²) in [6.45, 7) is 0. The van der Waals surface area contributed by atoms with Crippen molar-refractivity contribution < 1.29 is 14.6 Å². The van der Waals surface area contributed by atoms with Crippen LogP contribution in [0, 0.1) is 5.92 Å². The Morgan fingerprint density at radius 3 is 2.60 bits per heavy atom. The molecule has 0 bridgehead atoms. The number of aliphatic hydroxyl groups is 1. The highest BCUT2D eigenvalue weighted by Gasteiger charge is 2.23. The monoisotopic (exact) mass is 360 g/mol. The van der Waals surface area contributed by atoms with E-state index in [1.54, 1.807) is 14.2 Å². The standard InChI is InChI=1S/C15H21BrO3S/c1-18-13-4-3-11(15(19-2)14(13)16)12(17)9-10-5-7-20-8-6-10/h3-4,10,12,17H,5-9H2,1-2H3. The molecule has 0 aliphatic carbocycles. The Balaban J connectivity index is 2.16. The van der Waals surface area contributed by atoms with Gasteiger partial charge in [-0.1, -0.05) is 0 Å². The average molecular weight is 361 g/mol. The Hall–Kier alpha value is -0.390. The van der Waals surface area contributed by atoms with Gasteiger partial charge in [0, 0.05) is 5.56 Å². The molecular formula is C15H21BrO3S. The van der Waals surface area contributed by atoms with Gasteiger partial charge in [-0.05, 0) is 64.7 Å². The maximum atomic E-state index is 10.5. The Bertz CT molecular complexity index is 447. The Kier molecular flexibility index (Phi) is 6.05.